The van der Waals surface area contributed by atoms with E-state index in [1.54, 1.807) is 0 Å². The van der Waals surface area contributed by atoms with E-state index in [9.17, 15) is 0 Å². The van der Waals surface area contributed by atoms with Crippen molar-refractivity contribution in [3.63, 3.8) is 0 Å². The van der Waals surface area contributed by atoms with Gasteiger partial charge in [-0.2, -0.15) is 0 Å². The van der Waals surface area contributed by atoms with Gasteiger partial charge < -0.3 is 10.2 Å². The SMILES string of the molecule is CN(CCc1cccnc1)C1CCNCC1. The van der Waals surface area contributed by atoms with Crippen LogP contribution in [0.1, 0.15) is 18.4 Å². The van der Waals surface area contributed by atoms with Crippen molar-refractivity contribution in [2.24, 2.45) is 0 Å². The highest BCUT2D eigenvalue weighted by atomic mass is 15.1. The summed E-state index contributed by atoms with van der Waals surface area (Å²) < 4.78 is 0. The van der Waals surface area contributed by atoms with Gasteiger partial charge in [0.05, 0.1) is 0 Å². The monoisotopic (exact) mass is 219 g/mol. The quantitative estimate of drug-likeness (QED) is 0.827. The first kappa shape index (κ1) is 11.6. The summed E-state index contributed by atoms with van der Waals surface area (Å²) in [6.45, 7) is 3.47. The van der Waals surface area contributed by atoms with E-state index in [0.29, 0.717) is 0 Å². The number of pyridine rings is 1. The minimum absolute atomic E-state index is 0.762. The van der Waals surface area contributed by atoms with Gasteiger partial charge in [0.2, 0.25) is 0 Å². The lowest BCUT2D eigenvalue weighted by molar-refractivity contribution is 0.201. The summed E-state index contributed by atoms with van der Waals surface area (Å²) in [5, 5.41) is 3.41. The molecule has 0 bridgehead atoms. The summed E-state index contributed by atoms with van der Waals surface area (Å²) in [6.07, 6.45) is 7.47. The molecule has 0 saturated carbocycles. The molecule has 3 nitrogen and oxygen atoms in total. The zero-order valence-electron chi connectivity index (χ0n) is 10.0. The van der Waals surface area contributed by atoms with Crippen LogP contribution < -0.4 is 5.32 Å². The average molecular weight is 219 g/mol. The lowest BCUT2D eigenvalue weighted by Gasteiger charge is -2.31. The molecule has 0 spiro atoms. The Hall–Kier alpha value is -0.930. The molecule has 0 aromatic carbocycles. The normalized spacial score (nSPS) is 17.9. The lowest BCUT2D eigenvalue weighted by atomic mass is 10.0. The molecule has 16 heavy (non-hydrogen) atoms. The molecule has 1 saturated heterocycles. The van der Waals surface area contributed by atoms with Gasteiger partial charge in [-0.1, -0.05) is 6.07 Å². The summed E-state index contributed by atoms with van der Waals surface area (Å²) in [6, 6.07) is 4.93. The highest BCUT2D eigenvalue weighted by Gasteiger charge is 2.16. The van der Waals surface area contributed by atoms with Crippen molar-refractivity contribution in [2.75, 3.05) is 26.7 Å². The Labute approximate surface area is 97.9 Å². The number of likely N-dealkylation sites (N-methyl/N-ethyl adjacent to an activating group) is 1. The van der Waals surface area contributed by atoms with E-state index in [2.05, 4.69) is 28.3 Å². The second-order valence-electron chi connectivity index (χ2n) is 4.57. The van der Waals surface area contributed by atoms with Crippen molar-refractivity contribution < 1.29 is 0 Å². The molecule has 1 aromatic rings. The molecule has 1 fully saturated rings. The number of piperidine rings is 1. The van der Waals surface area contributed by atoms with Crippen molar-refractivity contribution in [3.05, 3.63) is 30.1 Å². The Morgan fingerprint density at radius 2 is 2.25 bits per heavy atom. The van der Waals surface area contributed by atoms with Gasteiger partial charge in [-0.3, -0.25) is 4.98 Å². The van der Waals surface area contributed by atoms with Crippen molar-refractivity contribution >= 4 is 0 Å². The molecule has 1 N–H and O–H groups in total. The molecule has 0 atom stereocenters. The molecule has 1 aliphatic rings. The minimum atomic E-state index is 0.762. The Morgan fingerprint density at radius 3 is 2.94 bits per heavy atom. The van der Waals surface area contributed by atoms with Crippen molar-refractivity contribution in [2.45, 2.75) is 25.3 Å². The van der Waals surface area contributed by atoms with E-state index < -0.39 is 0 Å². The predicted octanol–water partition coefficient (Wildman–Crippen LogP) is 1.31. The highest BCUT2D eigenvalue weighted by molar-refractivity contribution is 5.08. The summed E-state index contributed by atoms with van der Waals surface area (Å²) in [5.41, 5.74) is 1.34. The van der Waals surface area contributed by atoms with Crippen molar-refractivity contribution in [1.29, 1.82) is 0 Å². The molecule has 0 aliphatic carbocycles. The third-order valence-corrected chi connectivity index (χ3v) is 3.41. The van der Waals surface area contributed by atoms with Gasteiger partial charge in [0.25, 0.3) is 0 Å². The molecule has 2 heterocycles. The first-order valence-corrected chi connectivity index (χ1v) is 6.16. The number of hydrogen-bond acceptors (Lipinski definition) is 3. The van der Waals surface area contributed by atoms with Crippen LogP contribution in [-0.2, 0) is 6.42 Å². The third kappa shape index (κ3) is 3.29. The maximum Gasteiger partial charge on any atom is 0.0300 e. The van der Waals surface area contributed by atoms with Crippen LogP contribution >= 0.6 is 0 Å². The van der Waals surface area contributed by atoms with Crippen LogP contribution in [0, 0.1) is 0 Å². The highest BCUT2D eigenvalue weighted by Crippen LogP contribution is 2.10. The Morgan fingerprint density at radius 1 is 1.44 bits per heavy atom. The standard InChI is InChI=1S/C13H21N3/c1-16(13-4-8-14-9-5-13)10-6-12-3-2-7-15-11-12/h2-3,7,11,13-14H,4-6,8-10H2,1H3. The number of rotatable bonds is 4. The van der Waals surface area contributed by atoms with Gasteiger partial charge in [0.15, 0.2) is 0 Å². The number of hydrogen-bond donors (Lipinski definition) is 1. The predicted molar refractivity (Wildman–Crippen MR) is 66.5 cm³/mol. The van der Waals surface area contributed by atoms with Crippen LogP contribution in [0.4, 0.5) is 0 Å². The van der Waals surface area contributed by atoms with Crippen LogP contribution in [-0.4, -0.2) is 42.6 Å². The summed E-state index contributed by atoms with van der Waals surface area (Å²) >= 11 is 0. The van der Waals surface area contributed by atoms with E-state index in [4.69, 9.17) is 0 Å². The van der Waals surface area contributed by atoms with Crippen LogP contribution in [0.2, 0.25) is 0 Å². The molecule has 3 heteroatoms. The molecule has 2 rings (SSSR count). The van der Waals surface area contributed by atoms with Crippen LogP contribution in [0.5, 0.6) is 0 Å². The smallest absolute Gasteiger partial charge is 0.0300 e. The molecule has 0 radical (unpaired) electrons. The van der Waals surface area contributed by atoms with E-state index in [-0.39, 0.29) is 0 Å². The zero-order chi connectivity index (χ0) is 11.2. The number of nitrogens with zero attached hydrogens (tertiary/aromatic N) is 2. The van der Waals surface area contributed by atoms with E-state index in [0.717, 1.165) is 19.0 Å². The van der Waals surface area contributed by atoms with Gasteiger partial charge >= 0.3 is 0 Å². The second-order valence-corrected chi connectivity index (χ2v) is 4.57. The first-order valence-electron chi connectivity index (χ1n) is 6.16. The molecule has 88 valence electrons. The van der Waals surface area contributed by atoms with E-state index in [1.807, 2.05) is 18.5 Å². The molecule has 1 aromatic heterocycles. The van der Waals surface area contributed by atoms with Gasteiger partial charge in [0.1, 0.15) is 0 Å². The van der Waals surface area contributed by atoms with Crippen LogP contribution in [0.3, 0.4) is 0 Å². The maximum atomic E-state index is 4.15. The van der Waals surface area contributed by atoms with Gasteiger partial charge in [0, 0.05) is 25.0 Å². The Bertz CT molecular complexity index is 293. The molecular formula is C13H21N3. The summed E-state index contributed by atoms with van der Waals surface area (Å²) in [5.74, 6) is 0. The fraction of sp³-hybridized carbons (Fsp3) is 0.615. The minimum Gasteiger partial charge on any atom is -0.317 e. The fourth-order valence-electron chi connectivity index (χ4n) is 2.28. The zero-order valence-corrected chi connectivity index (χ0v) is 10.0. The third-order valence-electron chi connectivity index (χ3n) is 3.41. The molecule has 0 unspecified atom stereocenters. The second kappa shape index (κ2) is 5.97. The Kier molecular flexibility index (Phi) is 4.31. The molecule has 0 amide bonds. The van der Waals surface area contributed by atoms with Crippen molar-refractivity contribution in [1.82, 2.24) is 15.2 Å². The van der Waals surface area contributed by atoms with Gasteiger partial charge in [-0.25, -0.2) is 0 Å². The average Bonchev–Trinajstić information content (AvgIpc) is 2.38. The largest absolute Gasteiger partial charge is 0.317 e. The molecular weight excluding hydrogens is 198 g/mol. The summed E-state index contributed by atoms with van der Waals surface area (Å²) in [4.78, 5) is 6.64. The summed E-state index contributed by atoms with van der Waals surface area (Å²) in [7, 11) is 2.24. The Balaban J connectivity index is 1.76. The van der Waals surface area contributed by atoms with E-state index >= 15 is 0 Å². The maximum absolute atomic E-state index is 4.15. The van der Waals surface area contributed by atoms with Gasteiger partial charge in [-0.15, -0.1) is 0 Å². The van der Waals surface area contributed by atoms with E-state index in [1.165, 1.54) is 31.5 Å². The van der Waals surface area contributed by atoms with Crippen molar-refractivity contribution in [3.8, 4) is 0 Å². The van der Waals surface area contributed by atoms with Crippen LogP contribution in [0.15, 0.2) is 24.5 Å². The van der Waals surface area contributed by atoms with Crippen LogP contribution in [0.25, 0.3) is 0 Å². The lowest BCUT2D eigenvalue weighted by Crippen LogP contribution is -2.41. The first-order chi connectivity index (χ1) is 7.86. The number of aromatic nitrogens is 1. The van der Waals surface area contributed by atoms with Gasteiger partial charge in [-0.05, 0) is 51.0 Å². The molecule has 1 aliphatic heterocycles. The fourth-order valence-corrected chi connectivity index (χ4v) is 2.28. The topological polar surface area (TPSA) is 28.2 Å². The number of nitrogens with one attached hydrogen (secondary N) is 1.